The van der Waals surface area contributed by atoms with E-state index in [1.54, 1.807) is 19.2 Å². The predicted octanol–water partition coefficient (Wildman–Crippen LogP) is 2.74. The second kappa shape index (κ2) is 9.38. The first-order valence-corrected chi connectivity index (χ1v) is 8.19. The standard InChI is InChI=1S/C18H19F2N3O3.CH4/c1-21-18(24)16-11-23(7-8-25-16)10-12-5-6-13(9-22-12)26-17-14(19)3-2-4-15(17)20;/h2-6,9,16H,7-8,10-11H2,1H3,(H,21,24);1H4/t16-;/m0./s1. The first kappa shape index (κ1) is 20.7. The molecule has 1 aliphatic rings. The number of aromatic nitrogens is 1. The van der Waals surface area contributed by atoms with Gasteiger partial charge in [-0.2, -0.15) is 0 Å². The van der Waals surface area contributed by atoms with Crippen LogP contribution in [-0.2, 0) is 16.1 Å². The number of carbonyl (C=O) groups is 1. The third kappa shape index (κ3) is 5.21. The number of rotatable bonds is 5. The number of hydrogen-bond acceptors (Lipinski definition) is 5. The average Bonchev–Trinajstić information content (AvgIpc) is 2.66. The third-order valence-electron chi connectivity index (χ3n) is 4.01. The van der Waals surface area contributed by atoms with Gasteiger partial charge >= 0.3 is 0 Å². The summed E-state index contributed by atoms with van der Waals surface area (Å²) < 4.78 is 37.9. The van der Waals surface area contributed by atoms with Crippen molar-refractivity contribution >= 4 is 5.91 Å². The molecule has 1 amide bonds. The average molecular weight is 379 g/mol. The second-order valence-electron chi connectivity index (χ2n) is 5.85. The molecule has 1 aromatic carbocycles. The number of carbonyl (C=O) groups excluding carboxylic acids is 1. The molecule has 2 heterocycles. The van der Waals surface area contributed by atoms with E-state index >= 15 is 0 Å². The number of nitrogens with zero attached hydrogens (tertiary/aromatic N) is 2. The molecule has 1 fully saturated rings. The third-order valence-corrected chi connectivity index (χ3v) is 4.01. The van der Waals surface area contributed by atoms with Crippen LogP contribution in [0.15, 0.2) is 36.5 Å². The van der Waals surface area contributed by atoms with Crippen LogP contribution in [0.2, 0.25) is 0 Å². The molecule has 0 unspecified atom stereocenters. The highest BCUT2D eigenvalue weighted by atomic mass is 19.1. The summed E-state index contributed by atoms with van der Waals surface area (Å²) >= 11 is 0. The maximum absolute atomic E-state index is 13.6. The van der Waals surface area contributed by atoms with Gasteiger partial charge in [-0.1, -0.05) is 13.5 Å². The summed E-state index contributed by atoms with van der Waals surface area (Å²) in [4.78, 5) is 18.0. The smallest absolute Gasteiger partial charge is 0.250 e. The highest BCUT2D eigenvalue weighted by Crippen LogP contribution is 2.27. The Morgan fingerprint density at radius 3 is 2.70 bits per heavy atom. The van der Waals surface area contributed by atoms with Gasteiger partial charge in [-0.3, -0.25) is 14.7 Å². The number of benzene rings is 1. The molecule has 146 valence electrons. The molecule has 27 heavy (non-hydrogen) atoms. The highest BCUT2D eigenvalue weighted by Gasteiger charge is 2.26. The molecule has 1 N–H and O–H groups in total. The molecule has 1 aliphatic heterocycles. The zero-order valence-corrected chi connectivity index (χ0v) is 14.2. The largest absolute Gasteiger partial charge is 0.450 e. The lowest BCUT2D eigenvalue weighted by Gasteiger charge is -2.31. The molecule has 1 atom stereocenters. The van der Waals surface area contributed by atoms with Crippen molar-refractivity contribution in [3.63, 3.8) is 0 Å². The molecule has 0 radical (unpaired) electrons. The van der Waals surface area contributed by atoms with Crippen LogP contribution in [0.1, 0.15) is 13.1 Å². The van der Waals surface area contributed by atoms with Crippen molar-refractivity contribution in [2.75, 3.05) is 26.7 Å². The van der Waals surface area contributed by atoms with E-state index in [1.165, 1.54) is 12.3 Å². The quantitative estimate of drug-likeness (QED) is 0.866. The van der Waals surface area contributed by atoms with Crippen LogP contribution in [0.3, 0.4) is 0 Å². The van der Waals surface area contributed by atoms with E-state index in [4.69, 9.17) is 9.47 Å². The number of para-hydroxylation sites is 1. The number of halogens is 2. The first-order chi connectivity index (χ1) is 12.6. The fraction of sp³-hybridized carbons (Fsp3) is 0.368. The topological polar surface area (TPSA) is 63.7 Å². The van der Waals surface area contributed by atoms with Crippen LogP contribution >= 0.6 is 0 Å². The van der Waals surface area contributed by atoms with E-state index in [2.05, 4.69) is 15.2 Å². The number of likely N-dealkylation sites (N-methyl/N-ethyl adjacent to an activating group) is 1. The summed E-state index contributed by atoms with van der Waals surface area (Å²) in [5.74, 6) is -1.92. The Bertz CT molecular complexity index is 751. The lowest BCUT2D eigenvalue weighted by Crippen LogP contribution is -2.48. The minimum absolute atomic E-state index is 0. The Hall–Kier alpha value is -2.58. The van der Waals surface area contributed by atoms with Crippen molar-refractivity contribution in [2.45, 2.75) is 20.1 Å². The van der Waals surface area contributed by atoms with E-state index in [1.807, 2.05) is 0 Å². The molecular formula is C19H23F2N3O3. The van der Waals surface area contributed by atoms with Gasteiger partial charge in [0.15, 0.2) is 17.4 Å². The van der Waals surface area contributed by atoms with Crippen molar-refractivity contribution in [1.82, 2.24) is 15.2 Å². The van der Waals surface area contributed by atoms with Gasteiger partial charge < -0.3 is 14.8 Å². The van der Waals surface area contributed by atoms with Crippen molar-refractivity contribution < 1.29 is 23.0 Å². The number of nitrogens with one attached hydrogen (secondary N) is 1. The Balaban J connectivity index is 0.00000261. The molecule has 8 heteroatoms. The van der Waals surface area contributed by atoms with Gasteiger partial charge in [0, 0.05) is 26.7 Å². The molecule has 6 nitrogen and oxygen atoms in total. The molecular weight excluding hydrogens is 356 g/mol. The summed E-state index contributed by atoms with van der Waals surface area (Å²) in [6, 6.07) is 6.85. The Morgan fingerprint density at radius 1 is 1.33 bits per heavy atom. The van der Waals surface area contributed by atoms with Crippen molar-refractivity contribution in [2.24, 2.45) is 0 Å². The molecule has 1 aromatic heterocycles. The maximum atomic E-state index is 13.6. The van der Waals surface area contributed by atoms with Crippen LogP contribution in [0.25, 0.3) is 0 Å². The molecule has 1 saturated heterocycles. The number of amides is 1. The van der Waals surface area contributed by atoms with Gasteiger partial charge in [0.2, 0.25) is 5.91 Å². The van der Waals surface area contributed by atoms with Gasteiger partial charge in [0.25, 0.3) is 0 Å². The number of pyridine rings is 1. The van der Waals surface area contributed by atoms with E-state index in [0.717, 1.165) is 17.8 Å². The van der Waals surface area contributed by atoms with E-state index in [0.29, 0.717) is 26.2 Å². The summed E-state index contributed by atoms with van der Waals surface area (Å²) in [7, 11) is 1.57. The summed E-state index contributed by atoms with van der Waals surface area (Å²) in [6.45, 7) is 2.16. The van der Waals surface area contributed by atoms with Crippen LogP contribution in [0, 0.1) is 11.6 Å². The predicted molar refractivity (Wildman–Crippen MR) is 96.5 cm³/mol. The fourth-order valence-corrected chi connectivity index (χ4v) is 2.66. The normalized spacial score (nSPS) is 17.1. The van der Waals surface area contributed by atoms with Gasteiger partial charge in [-0.15, -0.1) is 0 Å². The zero-order valence-electron chi connectivity index (χ0n) is 14.2. The fourth-order valence-electron chi connectivity index (χ4n) is 2.66. The van der Waals surface area contributed by atoms with E-state index < -0.39 is 23.5 Å². The van der Waals surface area contributed by atoms with Gasteiger partial charge in [0.1, 0.15) is 11.9 Å². The molecule has 0 aliphatic carbocycles. The maximum Gasteiger partial charge on any atom is 0.250 e. The van der Waals surface area contributed by atoms with Crippen LogP contribution < -0.4 is 10.1 Å². The van der Waals surface area contributed by atoms with Crippen molar-refractivity contribution in [3.05, 3.63) is 53.9 Å². The Kier molecular flexibility index (Phi) is 7.20. The summed E-state index contributed by atoms with van der Waals surface area (Å²) in [5, 5.41) is 2.57. The molecule has 0 spiro atoms. The SMILES string of the molecule is C.CNC(=O)[C@@H]1CN(Cc2ccc(Oc3c(F)cccc3F)cn2)CCO1. The minimum atomic E-state index is -0.775. The van der Waals surface area contributed by atoms with Crippen LogP contribution in [0.5, 0.6) is 11.5 Å². The van der Waals surface area contributed by atoms with Crippen LogP contribution in [0.4, 0.5) is 8.78 Å². The number of morpholine rings is 1. The zero-order chi connectivity index (χ0) is 18.5. The monoisotopic (exact) mass is 379 g/mol. The summed E-state index contributed by atoms with van der Waals surface area (Å²) in [5.41, 5.74) is 0.754. The summed E-state index contributed by atoms with van der Waals surface area (Å²) in [6.07, 6.45) is 0.915. The molecule has 3 rings (SSSR count). The molecule has 2 aromatic rings. The first-order valence-electron chi connectivity index (χ1n) is 8.19. The van der Waals surface area contributed by atoms with Crippen molar-refractivity contribution in [1.29, 1.82) is 0 Å². The van der Waals surface area contributed by atoms with Gasteiger partial charge in [0.05, 0.1) is 18.5 Å². The van der Waals surface area contributed by atoms with Gasteiger partial charge in [-0.05, 0) is 24.3 Å². The minimum Gasteiger partial charge on any atom is -0.450 e. The van der Waals surface area contributed by atoms with Crippen LogP contribution in [-0.4, -0.2) is 48.6 Å². The molecule has 0 saturated carbocycles. The lowest BCUT2D eigenvalue weighted by molar-refractivity contribution is -0.138. The van der Waals surface area contributed by atoms with E-state index in [9.17, 15) is 13.6 Å². The highest BCUT2D eigenvalue weighted by molar-refractivity contribution is 5.80. The number of ether oxygens (including phenoxy) is 2. The Labute approximate surface area is 157 Å². The molecule has 0 bridgehead atoms. The Morgan fingerprint density at radius 2 is 2.07 bits per heavy atom. The van der Waals surface area contributed by atoms with Gasteiger partial charge in [-0.25, -0.2) is 8.78 Å². The second-order valence-corrected chi connectivity index (χ2v) is 5.85. The van der Waals surface area contributed by atoms with Crippen molar-refractivity contribution in [3.8, 4) is 11.5 Å². The lowest BCUT2D eigenvalue weighted by atomic mass is 10.2. The van der Waals surface area contributed by atoms with E-state index in [-0.39, 0.29) is 19.1 Å². The number of hydrogen-bond donors (Lipinski definition) is 1.